The van der Waals surface area contributed by atoms with Crippen molar-refractivity contribution in [3.8, 4) is 0 Å². The van der Waals surface area contributed by atoms with E-state index in [4.69, 9.17) is 14.9 Å². The molecule has 3 aliphatic rings. The van der Waals surface area contributed by atoms with Gasteiger partial charge in [-0.25, -0.2) is 0 Å². The van der Waals surface area contributed by atoms with Crippen molar-refractivity contribution in [2.75, 3.05) is 32.8 Å². The lowest BCUT2D eigenvalue weighted by molar-refractivity contribution is -0.142. The Balaban J connectivity index is 1.53. The zero-order valence-electron chi connectivity index (χ0n) is 18.9. The highest BCUT2D eigenvalue weighted by Gasteiger charge is 2.42. The van der Waals surface area contributed by atoms with Crippen LogP contribution in [0.4, 0.5) is 13.2 Å². The first-order valence-corrected chi connectivity index (χ1v) is 11.7. The van der Waals surface area contributed by atoms with Gasteiger partial charge in [0.05, 0.1) is 12.6 Å². The highest BCUT2D eigenvalue weighted by Crippen LogP contribution is 2.44. The number of carbonyl (C=O) groups excluding carboxylic acids is 1. The Kier molecular flexibility index (Phi) is 7.16. The second-order valence-corrected chi connectivity index (χ2v) is 9.23. The average Bonchev–Trinajstić information content (AvgIpc) is 3.53. The van der Waals surface area contributed by atoms with Gasteiger partial charge >= 0.3 is 6.18 Å². The number of amidine groups is 1. The maximum Gasteiger partial charge on any atom is 0.435 e. The summed E-state index contributed by atoms with van der Waals surface area (Å²) in [6.07, 6.45) is 0.242. The quantitative estimate of drug-likeness (QED) is 0.638. The summed E-state index contributed by atoms with van der Waals surface area (Å²) in [4.78, 5) is 14.8. The molecule has 0 spiro atoms. The first-order chi connectivity index (χ1) is 15.7. The minimum Gasteiger partial charge on any atom is -0.463 e. The molecule has 2 aliphatic heterocycles. The number of ether oxygens (including phenoxy) is 2. The van der Waals surface area contributed by atoms with Crippen molar-refractivity contribution in [3.05, 3.63) is 17.5 Å². The Bertz CT molecular complexity index is 853. The van der Waals surface area contributed by atoms with Gasteiger partial charge in [-0.1, -0.05) is 0 Å². The second-order valence-electron chi connectivity index (χ2n) is 9.23. The standard InChI is InChI=1S/C22H32F3N5O3/c1-2-30-13-18(19(28-30)22(23,24)25)15-8-14(12-29-5-7-33-21(29)26)9-16(10-15)20(31)27-11-17-4-3-6-32-17/h13-17,26H,2-12H2,1H3,(H,27,31). The summed E-state index contributed by atoms with van der Waals surface area (Å²) in [5, 5.41) is 14.7. The maximum absolute atomic E-state index is 13.8. The minimum absolute atomic E-state index is 0.00553. The van der Waals surface area contributed by atoms with Gasteiger partial charge in [0, 0.05) is 43.9 Å². The van der Waals surface area contributed by atoms with Gasteiger partial charge in [0.1, 0.15) is 6.61 Å². The second kappa shape index (κ2) is 9.90. The molecule has 1 aromatic rings. The number of hydrogen-bond acceptors (Lipinski definition) is 5. The number of carbonyl (C=O) groups is 1. The van der Waals surface area contributed by atoms with Crippen molar-refractivity contribution in [1.82, 2.24) is 20.0 Å². The molecule has 1 aromatic heterocycles. The molecule has 1 aliphatic carbocycles. The van der Waals surface area contributed by atoms with Crippen LogP contribution in [0, 0.1) is 17.2 Å². The maximum atomic E-state index is 13.8. The van der Waals surface area contributed by atoms with Crippen LogP contribution >= 0.6 is 0 Å². The van der Waals surface area contributed by atoms with Crippen LogP contribution in [0.2, 0.25) is 0 Å². The molecule has 4 unspecified atom stereocenters. The number of nitrogens with zero attached hydrogens (tertiary/aromatic N) is 3. The van der Waals surface area contributed by atoms with E-state index in [9.17, 15) is 18.0 Å². The van der Waals surface area contributed by atoms with E-state index >= 15 is 0 Å². The van der Waals surface area contributed by atoms with Crippen LogP contribution < -0.4 is 5.32 Å². The van der Waals surface area contributed by atoms with Crippen LogP contribution in [-0.2, 0) is 27.0 Å². The zero-order valence-corrected chi connectivity index (χ0v) is 18.9. The molecule has 1 saturated carbocycles. The molecule has 4 atom stereocenters. The fourth-order valence-electron chi connectivity index (χ4n) is 5.27. The zero-order chi connectivity index (χ0) is 23.6. The summed E-state index contributed by atoms with van der Waals surface area (Å²) in [6, 6.07) is 0.0892. The number of rotatable bonds is 7. The van der Waals surface area contributed by atoms with Gasteiger partial charge in [-0.2, -0.15) is 18.3 Å². The molecular formula is C22H32F3N5O3. The van der Waals surface area contributed by atoms with E-state index in [-0.39, 0.29) is 29.5 Å². The third-order valence-electron chi connectivity index (χ3n) is 6.89. The number of hydrogen-bond donors (Lipinski definition) is 2. The fourth-order valence-corrected chi connectivity index (χ4v) is 5.27. The molecule has 0 radical (unpaired) electrons. The molecule has 0 bridgehead atoms. The Morgan fingerprint density at radius 2 is 2.12 bits per heavy atom. The van der Waals surface area contributed by atoms with Crippen LogP contribution in [0.1, 0.15) is 56.2 Å². The first kappa shape index (κ1) is 23.8. The fraction of sp³-hybridized carbons (Fsp3) is 0.773. The van der Waals surface area contributed by atoms with Crippen molar-refractivity contribution < 1.29 is 27.4 Å². The van der Waals surface area contributed by atoms with E-state index in [0.717, 1.165) is 12.8 Å². The normalized spacial score (nSPS) is 28.2. The SMILES string of the molecule is CCn1cc(C2CC(CN3CCOC3=N)CC(C(=O)NCC3CCCO3)C2)c(C(F)(F)F)n1. The van der Waals surface area contributed by atoms with Gasteiger partial charge < -0.3 is 19.7 Å². The topological polar surface area (TPSA) is 92.5 Å². The lowest BCUT2D eigenvalue weighted by Gasteiger charge is -2.36. The Morgan fingerprint density at radius 3 is 2.76 bits per heavy atom. The minimum atomic E-state index is -4.55. The number of halogens is 3. The van der Waals surface area contributed by atoms with Gasteiger partial charge in [0.15, 0.2) is 5.69 Å². The smallest absolute Gasteiger partial charge is 0.435 e. The molecule has 11 heteroatoms. The molecule has 0 aromatic carbocycles. The molecule has 184 valence electrons. The number of alkyl halides is 3. The largest absolute Gasteiger partial charge is 0.463 e. The summed E-state index contributed by atoms with van der Waals surface area (Å²) in [5.74, 6) is -1.00. The summed E-state index contributed by atoms with van der Waals surface area (Å²) >= 11 is 0. The summed E-state index contributed by atoms with van der Waals surface area (Å²) in [7, 11) is 0. The van der Waals surface area contributed by atoms with Crippen molar-refractivity contribution in [2.45, 2.75) is 63.8 Å². The highest BCUT2D eigenvalue weighted by molar-refractivity contribution is 5.79. The molecule has 2 saturated heterocycles. The van der Waals surface area contributed by atoms with Crippen molar-refractivity contribution in [3.63, 3.8) is 0 Å². The Morgan fingerprint density at radius 1 is 1.30 bits per heavy atom. The van der Waals surface area contributed by atoms with E-state index in [2.05, 4.69) is 10.4 Å². The molecule has 1 amide bonds. The van der Waals surface area contributed by atoms with E-state index < -0.39 is 23.7 Å². The van der Waals surface area contributed by atoms with Crippen molar-refractivity contribution >= 4 is 11.9 Å². The summed E-state index contributed by atoms with van der Waals surface area (Å²) in [5.41, 5.74) is -0.690. The molecule has 33 heavy (non-hydrogen) atoms. The third kappa shape index (κ3) is 5.62. The van der Waals surface area contributed by atoms with Crippen molar-refractivity contribution in [2.24, 2.45) is 11.8 Å². The van der Waals surface area contributed by atoms with E-state index in [1.54, 1.807) is 11.8 Å². The number of aromatic nitrogens is 2. The van der Waals surface area contributed by atoms with E-state index in [1.165, 1.54) is 10.9 Å². The van der Waals surface area contributed by atoms with E-state index in [1.807, 2.05) is 0 Å². The first-order valence-electron chi connectivity index (χ1n) is 11.7. The summed E-state index contributed by atoms with van der Waals surface area (Å²) in [6.45, 7) is 4.72. The van der Waals surface area contributed by atoms with Gasteiger partial charge in [-0.05, 0) is 50.9 Å². The monoisotopic (exact) mass is 471 g/mol. The van der Waals surface area contributed by atoms with Crippen LogP contribution in [-0.4, -0.2) is 65.6 Å². The number of nitrogens with one attached hydrogen (secondary N) is 2. The number of aryl methyl sites for hydroxylation is 1. The van der Waals surface area contributed by atoms with Crippen LogP contribution in [0.3, 0.4) is 0 Å². The predicted molar refractivity (Wildman–Crippen MR) is 114 cm³/mol. The molecular weight excluding hydrogens is 439 g/mol. The molecule has 2 N–H and O–H groups in total. The van der Waals surface area contributed by atoms with Gasteiger partial charge in [0.2, 0.25) is 5.91 Å². The molecule has 3 heterocycles. The van der Waals surface area contributed by atoms with Crippen LogP contribution in [0.15, 0.2) is 6.20 Å². The van der Waals surface area contributed by atoms with Crippen molar-refractivity contribution in [1.29, 1.82) is 5.41 Å². The lowest BCUT2D eigenvalue weighted by Crippen LogP contribution is -2.41. The molecule has 3 fully saturated rings. The van der Waals surface area contributed by atoms with Gasteiger partial charge in [-0.15, -0.1) is 0 Å². The van der Waals surface area contributed by atoms with Gasteiger partial charge in [-0.3, -0.25) is 14.9 Å². The van der Waals surface area contributed by atoms with Crippen LogP contribution in [0.25, 0.3) is 0 Å². The summed E-state index contributed by atoms with van der Waals surface area (Å²) < 4.78 is 53.4. The van der Waals surface area contributed by atoms with Crippen LogP contribution in [0.5, 0.6) is 0 Å². The van der Waals surface area contributed by atoms with E-state index in [0.29, 0.717) is 58.7 Å². The Labute approximate surface area is 191 Å². The number of amides is 1. The molecule has 8 nitrogen and oxygen atoms in total. The molecule has 4 rings (SSSR count). The Hall–Kier alpha value is -2.30. The average molecular weight is 472 g/mol. The third-order valence-corrected chi connectivity index (χ3v) is 6.89. The highest BCUT2D eigenvalue weighted by atomic mass is 19.4. The van der Waals surface area contributed by atoms with Gasteiger partial charge in [0.25, 0.3) is 6.02 Å². The lowest BCUT2D eigenvalue weighted by atomic mass is 9.72. The predicted octanol–water partition coefficient (Wildman–Crippen LogP) is 2.98.